The molecule has 8 heteroatoms. The fourth-order valence-electron chi connectivity index (χ4n) is 1.67. The molecule has 1 heterocycles. The minimum absolute atomic E-state index is 0.0512. The molecule has 0 aliphatic rings. The van der Waals surface area contributed by atoms with E-state index < -0.39 is 10.0 Å². The van der Waals surface area contributed by atoms with Crippen molar-refractivity contribution in [2.24, 2.45) is 0 Å². The molecule has 1 aromatic carbocycles. The van der Waals surface area contributed by atoms with Gasteiger partial charge in [0.25, 0.3) is 10.0 Å². The van der Waals surface area contributed by atoms with E-state index in [4.69, 9.17) is 16.9 Å². The summed E-state index contributed by atoms with van der Waals surface area (Å²) in [5.74, 6) is 0. The van der Waals surface area contributed by atoms with E-state index in [2.05, 4.69) is 14.9 Å². The van der Waals surface area contributed by atoms with Crippen molar-refractivity contribution < 1.29 is 8.42 Å². The number of hydrogen-bond acceptors (Lipinski definition) is 4. The predicted octanol–water partition coefficient (Wildman–Crippen LogP) is 2.35. The lowest BCUT2D eigenvalue weighted by atomic mass is 10.2. The zero-order valence-corrected chi connectivity index (χ0v) is 12.3. The largest absolute Gasteiger partial charge is 0.280 e. The standard InChI is InChI=1S/C12H11ClN4O2S/c1-7-12(8(2)16-15-7)17-20(18,19)11-5-9(6-14)3-4-10(11)13/h3-5,17H,1-2H3,(H,15,16). The van der Waals surface area contributed by atoms with Crippen LogP contribution in [0.25, 0.3) is 0 Å². The highest BCUT2D eigenvalue weighted by Gasteiger charge is 2.21. The molecule has 0 bridgehead atoms. The van der Waals surface area contributed by atoms with Gasteiger partial charge in [-0.15, -0.1) is 0 Å². The maximum atomic E-state index is 12.3. The Labute approximate surface area is 121 Å². The van der Waals surface area contributed by atoms with E-state index in [1.165, 1.54) is 18.2 Å². The van der Waals surface area contributed by atoms with Crippen molar-refractivity contribution in [2.75, 3.05) is 4.72 Å². The van der Waals surface area contributed by atoms with Gasteiger partial charge in [0.2, 0.25) is 0 Å². The van der Waals surface area contributed by atoms with Gasteiger partial charge in [-0.2, -0.15) is 10.4 Å². The second-order valence-corrected chi connectivity index (χ2v) is 6.23. The molecule has 0 radical (unpaired) electrons. The van der Waals surface area contributed by atoms with Crippen molar-refractivity contribution >= 4 is 27.3 Å². The van der Waals surface area contributed by atoms with Crippen molar-refractivity contribution in [3.05, 3.63) is 40.2 Å². The Bertz CT molecular complexity index is 786. The van der Waals surface area contributed by atoms with Crippen molar-refractivity contribution in [2.45, 2.75) is 18.7 Å². The SMILES string of the molecule is Cc1n[nH]c(C)c1NS(=O)(=O)c1cc(C#N)ccc1Cl. The number of aryl methyl sites for hydroxylation is 2. The number of sulfonamides is 1. The average molecular weight is 311 g/mol. The molecule has 104 valence electrons. The number of anilines is 1. The lowest BCUT2D eigenvalue weighted by molar-refractivity contribution is 0.601. The topological polar surface area (TPSA) is 98.6 Å². The third kappa shape index (κ3) is 2.61. The molecule has 1 aromatic heterocycles. The van der Waals surface area contributed by atoms with Crippen molar-refractivity contribution in [3.63, 3.8) is 0 Å². The quantitative estimate of drug-likeness (QED) is 0.909. The van der Waals surface area contributed by atoms with Gasteiger partial charge in [-0.3, -0.25) is 9.82 Å². The third-order valence-corrected chi connectivity index (χ3v) is 4.55. The maximum Gasteiger partial charge on any atom is 0.263 e. The van der Waals surface area contributed by atoms with E-state index >= 15 is 0 Å². The molecule has 2 aromatic rings. The Morgan fingerprint density at radius 3 is 2.65 bits per heavy atom. The Kier molecular flexibility index (Phi) is 3.70. The van der Waals surface area contributed by atoms with E-state index in [9.17, 15) is 8.42 Å². The molecule has 2 rings (SSSR count). The summed E-state index contributed by atoms with van der Waals surface area (Å²) in [5.41, 5.74) is 1.72. The zero-order valence-electron chi connectivity index (χ0n) is 10.7. The lowest BCUT2D eigenvalue weighted by Gasteiger charge is -2.09. The lowest BCUT2D eigenvalue weighted by Crippen LogP contribution is -2.14. The summed E-state index contributed by atoms with van der Waals surface area (Å²) in [5, 5.41) is 15.5. The zero-order chi connectivity index (χ0) is 14.9. The van der Waals surface area contributed by atoms with Crippen LogP contribution in [0.15, 0.2) is 23.1 Å². The number of halogens is 1. The summed E-state index contributed by atoms with van der Waals surface area (Å²) in [4.78, 5) is -0.141. The number of rotatable bonds is 3. The van der Waals surface area contributed by atoms with Gasteiger partial charge in [-0.05, 0) is 32.0 Å². The average Bonchev–Trinajstić information content (AvgIpc) is 2.70. The molecular formula is C12H11ClN4O2S. The number of benzene rings is 1. The number of aromatic amines is 1. The molecule has 0 aliphatic heterocycles. The van der Waals surface area contributed by atoms with E-state index in [-0.39, 0.29) is 15.5 Å². The van der Waals surface area contributed by atoms with E-state index in [0.717, 1.165) is 0 Å². The summed E-state index contributed by atoms with van der Waals surface area (Å²) in [6, 6.07) is 5.94. The van der Waals surface area contributed by atoms with Gasteiger partial charge in [-0.25, -0.2) is 8.42 Å². The normalized spacial score (nSPS) is 11.1. The predicted molar refractivity (Wildman–Crippen MR) is 75.0 cm³/mol. The van der Waals surface area contributed by atoms with Crippen LogP contribution < -0.4 is 4.72 Å². The van der Waals surface area contributed by atoms with Gasteiger partial charge in [0, 0.05) is 0 Å². The summed E-state index contributed by atoms with van der Waals surface area (Å²) in [6.07, 6.45) is 0. The van der Waals surface area contributed by atoms with Crippen LogP contribution in [0.3, 0.4) is 0 Å². The molecule has 2 N–H and O–H groups in total. The maximum absolute atomic E-state index is 12.3. The molecule has 0 atom stereocenters. The van der Waals surface area contributed by atoms with Crippen molar-refractivity contribution in [1.82, 2.24) is 10.2 Å². The second kappa shape index (κ2) is 5.15. The van der Waals surface area contributed by atoms with Gasteiger partial charge in [0.05, 0.1) is 33.7 Å². The van der Waals surface area contributed by atoms with Crippen LogP contribution in [-0.2, 0) is 10.0 Å². The molecule has 6 nitrogen and oxygen atoms in total. The third-order valence-electron chi connectivity index (χ3n) is 2.71. The first-order chi connectivity index (χ1) is 9.35. The Morgan fingerprint density at radius 1 is 1.40 bits per heavy atom. The van der Waals surface area contributed by atoms with E-state index in [1.54, 1.807) is 13.8 Å². The van der Waals surface area contributed by atoms with Crippen LogP contribution in [0.2, 0.25) is 5.02 Å². The van der Waals surface area contributed by atoms with Crippen molar-refractivity contribution in [1.29, 1.82) is 5.26 Å². The Balaban J connectivity index is 2.49. The van der Waals surface area contributed by atoms with E-state index in [1.807, 2.05) is 6.07 Å². The minimum Gasteiger partial charge on any atom is -0.280 e. The molecule has 0 saturated carbocycles. The van der Waals surface area contributed by atoms with Gasteiger partial charge in [0.15, 0.2) is 0 Å². The van der Waals surface area contributed by atoms with Crippen LogP contribution in [0, 0.1) is 25.2 Å². The number of nitrogens with one attached hydrogen (secondary N) is 2. The number of nitriles is 1. The number of hydrogen-bond donors (Lipinski definition) is 2. The monoisotopic (exact) mass is 310 g/mol. The summed E-state index contributed by atoms with van der Waals surface area (Å²) < 4.78 is 27.1. The smallest absolute Gasteiger partial charge is 0.263 e. The first kappa shape index (κ1) is 14.4. The Morgan fingerprint density at radius 2 is 2.10 bits per heavy atom. The molecule has 20 heavy (non-hydrogen) atoms. The highest BCUT2D eigenvalue weighted by molar-refractivity contribution is 7.92. The molecule has 0 aliphatic carbocycles. The molecule has 0 saturated heterocycles. The first-order valence-electron chi connectivity index (χ1n) is 5.59. The second-order valence-electron chi connectivity index (χ2n) is 4.17. The number of H-pyrrole nitrogens is 1. The highest BCUT2D eigenvalue weighted by Crippen LogP contribution is 2.26. The minimum atomic E-state index is -3.88. The fraction of sp³-hybridized carbons (Fsp3) is 0.167. The summed E-state index contributed by atoms with van der Waals surface area (Å²) >= 11 is 5.91. The summed E-state index contributed by atoms with van der Waals surface area (Å²) in [7, 11) is -3.88. The van der Waals surface area contributed by atoms with Gasteiger partial charge in [0.1, 0.15) is 4.90 Å². The van der Waals surface area contributed by atoms with E-state index in [0.29, 0.717) is 17.1 Å². The first-order valence-corrected chi connectivity index (χ1v) is 7.45. The van der Waals surface area contributed by atoms with Gasteiger partial charge < -0.3 is 0 Å². The molecule has 0 unspecified atom stereocenters. The van der Waals surface area contributed by atoms with Crippen molar-refractivity contribution in [3.8, 4) is 6.07 Å². The number of nitrogens with zero attached hydrogens (tertiary/aromatic N) is 2. The fourth-order valence-corrected chi connectivity index (χ4v) is 3.38. The molecule has 0 fully saturated rings. The Hall–Kier alpha value is -2.04. The molecule has 0 spiro atoms. The van der Waals surface area contributed by atoms with Crippen LogP contribution in [0.1, 0.15) is 17.0 Å². The number of aromatic nitrogens is 2. The van der Waals surface area contributed by atoms with Crippen LogP contribution in [-0.4, -0.2) is 18.6 Å². The molecule has 0 amide bonds. The highest BCUT2D eigenvalue weighted by atomic mass is 35.5. The summed E-state index contributed by atoms with van der Waals surface area (Å²) in [6.45, 7) is 3.37. The van der Waals surface area contributed by atoms with Crippen LogP contribution in [0.4, 0.5) is 5.69 Å². The van der Waals surface area contributed by atoms with Gasteiger partial charge >= 0.3 is 0 Å². The van der Waals surface area contributed by atoms with Crippen LogP contribution >= 0.6 is 11.6 Å². The molecular weight excluding hydrogens is 300 g/mol. The van der Waals surface area contributed by atoms with Crippen LogP contribution in [0.5, 0.6) is 0 Å². The van der Waals surface area contributed by atoms with Gasteiger partial charge in [-0.1, -0.05) is 11.6 Å².